The first-order valence-electron chi connectivity index (χ1n) is 5.92. The molecule has 0 fully saturated rings. The minimum absolute atomic E-state index is 0.104. The first-order chi connectivity index (χ1) is 9.72. The van der Waals surface area contributed by atoms with E-state index < -0.39 is 0 Å². The van der Waals surface area contributed by atoms with Crippen LogP contribution >= 0.6 is 0 Å². The van der Waals surface area contributed by atoms with Gasteiger partial charge in [-0.3, -0.25) is 0 Å². The maximum absolute atomic E-state index is 5.51. The van der Waals surface area contributed by atoms with Crippen molar-refractivity contribution in [2.75, 3.05) is 6.61 Å². The summed E-state index contributed by atoms with van der Waals surface area (Å²) in [5, 5.41) is 9.48. The van der Waals surface area contributed by atoms with Gasteiger partial charge in [-0.25, -0.2) is 0 Å². The van der Waals surface area contributed by atoms with Crippen LogP contribution in [0.4, 0.5) is 0 Å². The Hall–Kier alpha value is -3.00. The van der Waals surface area contributed by atoms with Gasteiger partial charge in [0.05, 0.1) is 6.21 Å². The first-order valence-corrected chi connectivity index (χ1v) is 5.92. The van der Waals surface area contributed by atoms with E-state index in [0.717, 1.165) is 16.3 Å². The molecule has 0 atom stereocenters. The lowest BCUT2D eigenvalue weighted by Gasteiger charge is -2.09. The lowest BCUT2D eigenvalue weighted by Crippen LogP contribution is -2.21. The summed E-state index contributed by atoms with van der Waals surface area (Å²) in [6.07, 6.45) is 6.76. The molecule has 0 aromatic heterocycles. The van der Waals surface area contributed by atoms with Crippen LogP contribution in [-0.4, -0.2) is 18.8 Å². The maximum atomic E-state index is 5.51. The van der Waals surface area contributed by atoms with Crippen molar-refractivity contribution in [2.24, 2.45) is 21.7 Å². The van der Waals surface area contributed by atoms with E-state index in [2.05, 4.69) is 16.1 Å². The van der Waals surface area contributed by atoms with Crippen LogP contribution in [0.3, 0.4) is 0 Å². The molecule has 0 aliphatic heterocycles. The van der Waals surface area contributed by atoms with Crippen molar-refractivity contribution < 1.29 is 4.74 Å². The van der Waals surface area contributed by atoms with Crippen LogP contribution in [0.25, 0.3) is 10.8 Å². The monoisotopic (exact) mass is 266 g/mol. The molecular weight excluding hydrogens is 252 g/mol. The molecule has 5 heteroatoms. The van der Waals surface area contributed by atoms with Gasteiger partial charge >= 0.3 is 0 Å². The predicted molar refractivity (Wildman–Crippen MR) is 81.7 cm³/mol. The molecule has 0 aliphatic carbocycles. The highest BCUT2D eigenvalue weighted by Gasteiger charge is 2.06. The molecule has 0 saturated carbocycles. The molecule has 0 bridgehead atoms. The number of hydrogen-bond donors (Lipinski definition) is 2. The fourth-order valence-corrected chi connectivity index (χ4v) is 1.81. The molecule has 2 rings (SSSR count). The van der Waals surface area contributed by atoms with E-state index in [1.54, 1.807) is 6.21 Å². The number of fused-ring (bicyclic) bond motifs is 1. The smallest absolute Gasteiger partial charge is 0.211 e. The Bertz CT molecular complexity index is 709. The summed E-state index contributed by atoms with van der Waals surface area (Å²) in [5.41, 5.74) is 11.3. The average molecular weight is 266 g/mol. The van der Waals surface area contributed by atoms with Crippen LogP contribution in [0.5, 0.6) is 5.75 Å². The summed E-state index contributed by atoms with van der Waals surface area (Å²) in [6.45, 7) is 0.182. The summed E-state index contributed by atoms with van der Waals surface area (Å²) < 4.78 is 5.51. The number of hydrogen-bond acceptors (Lipinski definition) is 3. The van der Waals surface area contributed by atoms with E-state index in [1.807, 2.05) is 36.4 Å². The van der Waals surface area contributed by atoms with Crippen LogP contribution in [-0.2, 0) is 0 Å². The zero-order valence-electron chi connectivity index (χ0n) is 10.8. The lowest BCUT2D eigenvalue weighted by atomic mass is 10.0. The minimum atomic E-state index is -0.104. The SMILES string of the molecule is C#CCOc1ccc2ccccc2c1/C=N/N=C(N)N. The third kappa shape index (κ3) is 3.06. The third-order valence-electron chi connectivity index (χ3n) is 2.60. The van der Waals surface area contributed by atoms with Gasteiger partial charge in [-0.2, -0.15) is 5.10 Å². The molecular formula is C15H14N4O. The van der Waals surface area contributed by atoms with Crippen LogP contribution in [0.1, 0.15) is 5.56 Å². The molecule has 0 radical (unpaired) electrons. The van der Waals surface area contributed by atoms with Crippen LogP contribution < -0.4 is 16.2 Å². The molecule has 4 N–H and O–H groups in total. The Labute approximate surface area is 116 Å². The number of guanidine groups is 1. The Kier molecular flexibility index (Phi) is 4.20. The first kappa shape index (κ1) is 13.4. The molecule has 2 aromatic carbocycles. The van der Waals surface area contributed by atoms with Crippen molar-refractivity contribution in [1.82, 2.24) is 0 Å². The zero-order valence-corrected chi connectivity index (χ0v) is 10.8. The van der Waals surface area contributed by atoms with Crippen LogP contribution in [0.2, 0.25) is 0 Å². The second-order valence-corrected chi connectivity index (χ2v) is 3.96. The van der Waals surface area contributed by atoms with Crippen molar-refractivity contribution in [2.45, 2.75) is 0 Å². The van der Waals surface area contributed by atoms with E-state index in [1.165, 1.54) is 0 Å². The van der Waals surface area contributed by atoms with Crippen molar-refractivity contribution in [1.29, 1.82) is 0 Å². The van der Waals surface area contributed by atoms with Gasteiger partial charge in [-0.15, -0.1) is 11.5 Å². The van der Waals surface area contributed by atoms with E-state index >= 15 is 0 Å². The highest BCUT2D eigenvalue weighted by molar-refractivity contribution is 6.02. The second kappa shape index (κ2) is 6.25. The Morgan fingerprint density at radius 1 is 1.25 bits per heavy atom. The van der Waals surface area contributed by atoms with E-state index in [0.29, 0.717) is 5.75 Å². The number of nitrogens with zero attached hydrogens (tertiary/aromatic N) is 2. The van der Waals surface area contributed by atoms with Gasteiger partial charge in [0.1, 0.15) is 12.4 Å². The lowest BCUT2D eigenvalue weighted by molar-refractivity contribution is 0.370. The summed E-state index contributed by atoms with van der Waals surface area (Å²) in [5.74, 6) is 2.96. The number of terminal acetylenes is 1. The molecule has 2 aromatic rings. The van der Waals surface area contributed by atoms with Crippen molar-refractivity contribution in [3.63, 3.8) is 0 Å². The fraction of sp³-hybridized carbons (Fsp3) is 0.0667. The van der Waals surface area contributed by atoms with Crippen molar-refractivity contribution in [3.05, 3.63) is 42.0 Å². The summed E-state index contributed by atoms with van der Waals surface area (Å²) in [6, 6.07) is 11.7. The Balaban J connectivity index is 2.53. The average Bonchev–Trinajstić information content (AvgIpc) is 2.45. The van der Waals surface area contributed by atoms with Gasteiger partial charge in [0.2, 0.25) is 5.96 Å². The van der Waals surface area contributed by atoms with Gasteiger partial charge in [-0.1, -0.05) is 36.3 Å². The molecule has 5 nitrogen and oxygen atoms in total. The normalized spacial score (nSPS) is 10.3. The molecule has 0 aliphatic rings. The number of benzene rings is 2. The standard InChI is InChI=1S/C15H14N4O/c1-2-9-20-14-8-7-11-5-3-4-6-12(11)13(14)10-18-19-15(16)17/h1,3-8,10H,9H2,(H4,16,17,19)/b18-10+. The Morgan fingerprint density at radius 2 is 2.05 bits per heavy atom. The highest BCUT2D eigenvalue weighted by Crippen LogP contribution is 2.26. The zero-order chi connectivity index (χ0) is 14.4. The molecule has 0 saturated heterocycles. The third-order valence-corrected chi connectivity index (χ3v) is 2.60. The molecule has 0 heterocycles. The molecule has 0 amide bonds. The van der Waals surface area contributed by atoms with E-state index in [9.17, 15) is 0 Å². The van der Waals surface area contributed by atoms with Gasteiger partial charge < -0.3 is 16.2 Å². The van der Waals surface area contributed by atoms with Crippen LogP contribution in [0, 0.1) is 12.3 Å². The number of nitrogens with two attached hydrogens (primary N) is 2. The topological polar surface area (TPSA) is 86.0 Å². The maximum Gasteiger partial charge on any atom is 0.211 e. The Morgan fingerprint density at radius 3 is 2.80 bits per heavy atom. The highest BCUT2D eigenvalue weighted by atomic mass is 16.5. The molecule has 100 valence electrons. The summed E-state index contributed by atoms with van der Waals surface area (Å²) >= 11 is 0. The second-order valence-electron chi connectivity index (χ2n) is 3.96. The van der Waals surface area contributed by atoms with Gasteiger partial charge in [0.25, 0.3) is 0 Å². The largest absolute Gasteiger partial charge is 0.480 e. The minimum Gasteiger partial charge on any atom is -0.480 e. The summed E-state index contributed by atoms with van der Waals surface area (Å²) in [7, 11) is 0. The van der Waals surface area contributed by atoms with Crippen molar-refractivity contribution in [3.8, 4) is 18.1 Å². The van der Waals surface area contributed by atoms with Gasteiger partial charge in [-0.05, 0) is 16.8 Å². The van der Waals surface area contributed by atoms with Crippen molar-refractivity contribution >= 4 is 22.9 Å². The molecule has 20 heavy (non-hydrogen) atoms. The van der Waals surface area contributed by atoms with Crippen LogP contribution in [0.15, 0.2) is 46.6 Å². The summed E-state index contributed by atoms with van der Waals surface area (Å²) in [4.78, 5) is 0. The quantitative estimate of drug-likeness (QED) is 0.380. The molecule has 0 unspecified atom stereocenters. The fourth-order valence-electron chi connectivity index (χ4n) is 1.81. The predicted octanol–water partition coefficient (Wildman–Crippen LogP) is 1.46. The van der Waals surface area contributed by atoms with Gasteiger partial charge in [0.15, 0.2) is 0 Å². The van der Waals surface area contributed by atoms with E-state index in [-0.39, 0.29) is 12.6 Å². The van der Waals surface area contributed by atoms with Gasteiger partial charge in [0, 0.05) is 5.56 Å². The number of ether oxygens (including phenoxy) is 1. The van der Waals surface area contributed by atoms with E-state index in [4.69, 9.17) is 22.6 Å². The number of rotatable bonds is 4. The molecule has 0 spiro atoms.